The summed E-state index contributed by atoms with van der Waals surface area (Å²) in [6.07, 6.45) is -3.51. The molecule has 3 nitrogen and oxygen atoms in total. The van der Waals surface area contributed by atoms with Crippen LogP contribution in [0.5, 0.6) is 5.75 Å². The minimum Gasteiger partial charge on any atom is -0.496 e. The van der Waals surface area contributed by atoms with E-state index in [1.54, 1.807) is 18.2 Å². The Hall–Kier alpha value is -1.05. The smallest absolute Gasteiger partial charge is 0.330 e. The second-order valence-electron chi connectivity index (χ2n) is 4.50. The zero-order chi connectivity index (χ0) is 16.0. The van der Waals surface area contributed by atoms with E-state index in [0.29, 0.717) is 16.3 Å². The van der Waals surface area contributed by atoms with E-state index in [-0.39, 0.29) is 13.0 Å². The average molecular weight is 330 g/mol. The Kier molecular flexibility index (Phi) is 6.70. The highest BCUT2D eigenvalue weighted by Gasteiger charge is 2.41. The molecule has 0 bridgehead atoms. The van der Waals surface area contributed by atoms with Crippen LogP contribution in [0, 0.1) is 0 Å². The molecule has 0 heterocycles. The fourth-order valence-electron chi connectivity index (χ4n) is 1.66. The number of halogens is 5. The second kappa shape index (κ2) is 7.82. The van der Waals surface area contributed by atoms with Gasteiger partial charge < -0.3 is 15.2 Å². The first-order chi connectivity index (χ1) is 9.76. The van der Waals surface area contributed by atoms with Gasteiger partial charge in [0.2, 0.25) is 0 Å². The molecule has 1 aromatic carbocycles. The van der Waals surface area contributed by atoms with Crippen molar-refractivity contribution in [3.8, 4) is 5.75 Å². The van der Waals surface area contributed by atoms with E-state index < -0.39 is 25.0 Å². The standard InChI is InChI=1S/C13H16ClF4NO2/c1-20-11-3-2-9(14)4-8(11)5-10(19)6-21-7-13(17,18)12(15)16/h2-4,10,12H,5-7,19H2,1H3. The van der Waals surface area contributed by atoms with Crippen molar-refractivity contribution >= 4 is 11.6 Å². The Labute approximate surface area is 125 Å². The van der Waals surface area contributed by atoms with Crippen LogP contribution >= 0.6 is 11.6 Å². The first-order valence-corrected chi connectivity index (χ1v) is 6.45. The van der Waals surface area contributed by atoms with Crippen LogP contribution in [-0.2, 0) is 11.2 Å². The van der Waals surface area contributed by atoms with Gasteiger partial charge in [-0.25, -0.2) is 8.78 Å². The lowest BCUT2D eigenvalue weighted by molar-refractivity contribution is -0.166. The third-order valence-electron chi connectivity index (χ3n) is 2.67. The van der Waals surface area contributed by atoms with Crippen molar-refractivity contribution in [2.75, 3.05) is 20.3 Å². The van der Waals surface area contributed by atoms with Crippen LogP contribution in [0.15, 0.2) is 18.2 Å². The third-order valence-corrected chi connectivity index (χ3v) is 2.91. The van der Waals surface area contributed by atoms with E-state index in [2.05, 4.69) is 4.74 Å². The molecule has 1 atom stereocenters. The Balaban J connectivity index is 2.51. The van der Waals surface area contributed by atoms with E-state index in [0.717, 1.165) is 0 Å². The zero-order valence-electron chi connectivity index (χ0n) is 11.3. The Morgan fingerprint density at radius 2 is 2.00 bits per heavy atom. The average Bonchev–Trinajstić information content (AvgIpc) is 2.38. The molecule has 21 heavy (non-hydrogen) atoms. The van der Waals surface area contributed by atoms with Crippen LogP contribution in [0.25, 0.3) is 0 Å². The summed E-state index contributed by atoms with van der Waals surface area (Å²) in [4.78, 5) is 0. The fourth-order valence-corrected chi connectivity index (χ4v) is 1.85. The van der Waals surface area contributed by atoms with E-state index in [9.17, 15) is 17.6 Å². The first-order valence-electron chi connectivity index (χ1n) is 6.08. The van der Waals surface area contributed by atoms with Crippen LogP contribution < -0.4 is 10.5 Å². The normalized spacial score (nSPS) is 13.5. The molecule has 8 heteroatoms. The number of hydrogen-bond acceptors (Lipinski definition) is 3. The molecule has 0 radical (unpaired) electrons. The number of nitrogens with two attached hydrogens (primary N) is 1. The lowest BCUT2D eigenvalue weighted by Crippen LogP contribution is -2.36. The maximum absolute atomic E-state index is 12.6. The fraction of sp³-hybridized carbons (Fsp3) is 0.538. The van der Waals surface area contributed by atoms with Crippen LogP contribution in [0.2, 0.25) is 5.02 Å². The van der Waals surface area contributed by atoms with Gasteiger partial charge in [0.1, 0.15) is 12.4 Å². The van der Waals surface area contributed by atoms with Crippen molar-refractivity contribution in [1.29, 1.82) is 0 Å². The molecule has 0 aromatic heterocycles. The highest BCUT2D eigenvalue weighted by atomic mass is 35.5. The Morgan fingerprint density at radius 1 is 1.33 bits per heavy atom. The van der Waals surface area contributed by atoms with Gasteiger partial charge in [0, 0.05) is 11.1 Å². The molecule has 120 valence electrons. The quantitative estimate of drug-likeness (QED) is 0.745. The molecule has 0 aliphatic heterocycles. The summed E-state index contributed by atoms with van der Waals surface area (Å²) in [6, 6.07) is 4.27. The number of alkyl halides is 4. The Morgan fingerprint density at radius 3 is 2.57 bits per heavy atom. The Bertz CT molecular complexity index is 460. The van der Waals surface area contributed by atoms with E-state index in [1.807, 2.05) is 0 Å². The molecule has 1 rings (SSSR count). The monoisotopic (exact) mass is 329 g/mol. The van der Waals surface area contributed by atoms with Crippen molar-refractivity contribution in [1.82, 2.24) is 0 Å². The number of hydrogen-bond donors (Lipinski definition) is 1. The van der Waals surface area contributed by atoms with Crippen molar-refractivity contribution in [2.24, 2.45) is 5.73 Å². The van der Waals surface area contributed by atoms with Crippen LogP contribution in [0.4, 0.5) is 17.6 Å². The predicted octanol–water partition coefficient (Wildman–Crippen LogP) is 3.14. The lowest BCUT2D eigenvalue weighted by Gasteiger charge is -2.18. The summed E-state index contributed by atoms with van der Waals surface area (Å²) in [5.74, 6) is -3.62. The molecule has 2 N–H and O–H groups in total. The number of benzene rings is 1. The van der Waals surface area contributed by atoms with Gasteiger partial charge >= 0.3 is 12.3 Å². The van der Waals surface area contributed by atoms with Gasteiger partial charge in [-0.15, -0.1) is 0 Å². The van der Waals surface area contributed by atoms with E-state index >= 15 is 0 Å². The van der Waals surface area contributed by atoms with Crippen LogP contribution in [0.1, 0.15) is 5.56 Å². The maximum Gasteiger partial charge on any atom is 0.330 e. The third kappa shape index (κ3) is 5.68. The number of methoxy groups -OCH3 is 1. The summed E-state index contributed by atoms with van der Waals surface area (Å²) >= 11 is 5.85. The largest absolute Gasteiger partial charge is 0.496 e. The van der Waals surface area contributed by atoms with Gasteiger partial charge in [-0.1, -0.05) is 11.6 Å². The summed E-state index contributed by atoms with van der Waals surface area (Å²) in [5, 5.41) is 0.475. The molecule has 1 aromatic rings. The van der Waals surface area contributed by atoms with Crippen LogP contribution in [0.3, 0.4) is 0 Å². The molecule has 0 aliphatic carbocycles. The molecule has 0 fully saturated rings. The highest BCUT2D eigenvalue weighted by Crippen LogP contribution is 2.25. The van der Waals surface area contributed by atoms with Gasteiger partial charge in [0.25, 0.3) is 0 Å². The van der Waals surface area contributed by atoms with Gasteiger partial charge in [-0.2, -0.15) is 8.78 Å². The molecule has 0 saturated heterocycles. The van der Waals surface area contributed by atoms with Crippen molar-refractivity contribution < 1.29 is 27.0 Å². The molecule has 0 aliphatic rings. The van der Waals surface area contributed by atoms with E-state index in [1.165, 1.54) is 7.11 Å². The van der Waals surface area contributed by atoms with Gasteiger partial charge in [0.15, 0.2) is 0 Å². The molecule has 0 amide bonds. The molecule has 0 spiro atoms. The minimum absolute atomic E-state index is 0.254. The number of ether oxygens (including phenoxy) is 2. The maximum atomic E-state index is 12.6. The summed E-state index contributed by atoms with van der Waals surface area (Å²) in [7, 11) is 1.47. The van der Waals surface area contributed by atoms with Crippen molar-refractivity contribution in [3.63, 3.8) is 0 Å². The zero-order valence-corrected chi connectivity index (χ0v) is 12.0. The molecule has 1 unspecified atom stereocenters. The predicted molar refractivity (Wildman–Crippen MR) is 71.5 cm³/mol. The second-order valence-corrected chi connectivity index (χ2v) is 4.93. The minimum atomic E-state index is -4.17. The molecule has 0 saturated carbocycles. The molecular formula is C13H16ClF4NO2. The summed E-state index contributed by atoms with van der Waals surface area (Å²) in [5.41, 5.74) is 6.41. The summed E-state index contributed by atoms with van der Waals surface area (Å²) in [6.45, 7) is -1.65. The summed E-state index contributed by atoms with van der Waals surface area (Å²) < 4.78 is 58.8. The van der Waals surface area contributed by atoms with Crippen molar-refractivity contribution in [3.05, 3.63) is 28.8 Å². The van der Waals surface area contributed by atoms with Crippen molar-refractivity contribution in [2.45, 2.75) is 24.8 Å². The molecular weight excluding hydrogens is 314 g/mol. The van der Waals surface area contributed by atoms with Gasteiger partial charge in [-0.3, -0.25) is 0 Å². The SMILES string of the molecule is COc1ccc(Cl)cc1CC(N)COCC(F)(F)C(F)F. The highest BCUT2D eigenvalue weighted by molar-refractivity contribution is 6.30. The van der Waals surface area contributed by atoms with E-state index in [4.69, 9.17) is 22.1 Å². The lowest BCUT2D eigenvalue weighted by atomic mass is 10.1. The van der Waals surface area contributed by atoms with Crippen LogP contribution in [-0.4, -0.2) is 38.7 Å². The first kappa shape index (κ1) is 18.0. The topological polar surface area (TPSA) is 44.5 Å². The van der Waals surface area contributed by atoms with Gasteiger partial charge in [0.05, 0.1) is 13.7 Å². The van der Waals surface area contributed by atoms with Gasteiger partial charge in [-0.05, 0) is 30.2 Å². The number of rotatable bonds is 8.